The molecule has 0 radical (unpaired) electrons. The van der Waals surface area contributed by atoms with Gasteiger partial charge in [-0.2, -0.15) is 0 Å². The predicted molar refractivity (Wildman–Crippen MR) is 99.6 cm³/mol. The van der Waals surface area contributed by atoms with Crippen LogP contribution in [0.1, 0.15) is 41.7 Å². The molecule has 0 atom stereocenters. The van der Waals surface area contributed by atoms with Crippen LogP contribution in [0, 0.1) is 6.92 Å². The molecule has 0 bridgehead atoms. The van der Waals surface area contributed by atoms with E-state index in [9.17, 15) is 4.79 Å². The zero-order chi connectivity index (χ0) is 16.8. The van der Waals surface area contributed by atoms with Gasteiger partial charge in [0, 0.05) is 17.5 Å². The summed E-state index contributed by atoms with van der Waals surface area (Å²) in [5, 5.41) is 3.66. The minimum Gasteiger partial charge on any atom is -0.301 e. The SMILES string of the molecule is Cc1cccc(Cc2cnc(NC(=O)CN3CCCCCC3)s2)c1. The Kier molecular flexibility index (Phi) is 5.99. The molecule has 0 aliphatic carbocycles. The summed E-state index contributed by atoms with van der Waals surface area (Å²) in [4.78, 5) is 20.0. The van der Waals surface area contributed by atoms with E-state index in [0.29, 0.717) is 11.7 Å². The number of hydrogen-bond acceptors (Lipinski definition) is 4. The third-order valence-electron chi connectivity index (χ3n) is 4.33. The van der Waals surface area contributed by atoms with Crippen LogP contribution in [0.2, 0.25) is 0 Å². The predicted octanol–water partition coefficient (Wildman–Crippen LogP) is 3.86. The molecule has 1 aromatic carbocycles. The van der Waals surface area contributed by atoms with Gasteiger partial charge in [-0.25, -0.2) is 4.98 Å². The third kappa shape index (κ3) is 5.14. The smallest absolute Gasteiger partial charge is 0.240 e. The summed E-state index contributed by atoms with van der Waals surface area (Å²) in [6.07, 6.45) is 7.70. The molecule has 0 saturated carbocycles. The van der Waals surface area contributed by atoms with Gasteiger partial charge >= 0.3 is 0 Å². The van der Waals surface area contributed by atoms with Crippen molar-refractivity contribution in [1.29, 1.82) is 0 Å². The van der Waals surface area contributed by atoms with E-state index < -0.39 is 0 Å². The highest BCUT2D eigenvalue weighted by Gasteiger charge is 2.14. The van der Waals surface area contributed by atoms with Crippen LogP contribution in [0.15, 0.2) is 30.5 Å². The van der Waals surface area contributed by atoms with Crippen molar-refractivity contribution in [2.24, 2.45) is 0 Å². The number of anilines is 1. The molecule has 0 spiro atoms. The number of hydrogen-bond donors (Lipinski definition) is 1. The molecular formula is C19H25N3OS. The van der Waals surface area contributed by atoms with Crippen LogP contribution < -0.4 is 5.32 Å². The first-order valence-corrected chi connectivity index (χ1v) is 9.53. The summed E-state index contributed by atoms with van der Waals surface area (Å²) >= 11 is 1.57. The molecule has 4 nitrogen and oxygen atoms in total. The van der Waals surface area contributed by atoms with Crippen molar-refractivity contribution < 1.29 is 4.79 Å². The summed E-state index contributed by atoms with van der Waals surface area (Å²) in [7, 11) is 0. The molecule has 2 heterocycles. The molecule has 24 heavy (non-hydrogen) atoms. The van der Waals surface area contributed by atoms with Crippen LogP contribution in [0.25, 0.3) is 0 Å². The fourth-order valence-electron chi connectivity index (χ4n) is 3.13. The van der Waals surface area contributed by atoms with Crippen molar-refractivity contribution >= 4 is 22.4 Å². The van der Waals surface area contributed by atoms with Crippen LogP contribution in [0.3, 0.4) is 0 Å². The lowest BCUT2D eigenvalue weighted by Gasteiger charge is -2.18. The van der Waals surface area contributed by atoms with E-state index >= 15 is 0 Å². The van der Waals surface area contributed by atoms with Gasteiger partial charge in [0.05, 0.1) is 6.54 Å². The first kappa shape index (κ1) is 17.1. The molecule has 1 saturated heterocycles. The molecule has 3 rings (SSSR count). The van der Waals surface area contributed by atoms with Gasteiger partial charge in [0.25, 0.3) is 0 Å². The second-order valence-corrected chi connectivity index (χ2v) is 7.65. The minimum atomic E-state index is 0.0494. The number of amides is 1. The van der Waals surface area contributed by atoms with Gasteiger partial charge < -0.3 is 5.32 Å². The average molecular weight is 343 g/mol. The van der Waals surface area contributed by atoms with Crippen LogP contribution in [-0.2, 0) is 11.2 Å². The van der Waals surface area contributed by atoms with Gasteiger partial charge in [0.1, 0.15) is 0 Å². The summed E-state index contributed by atoms with van der Waals surface area (Å²) in [5.41, 5.74) is 2.55. The van der Waals surface area contributed by atoms with Gasteiger partial charge in [0.15, 0.2) is 5.13 Å². The number of carbonyl (C=O) groups is 1. The van der Waals surface area contributed by atoms with Crippen molar-refractivity contribution in [3.63, 3.8) is 0 Å². The monoisotopic (exact) mass is 343 g/mol. The molecule has 5 heteroatoms. The Bertz CT molecular complexity index is 675. The number of nitrogens with zero attached hydrogens (tertiary/aromatic N) is 2. The van der Waals surface area contributed by atoms with Crippen molar-refractivity contribution in [3.05, 3.63) is 46.5 Å². The van der Waals surface area contributed by atoms with Crippen LogP contribution in [0.4, 0.5) is 5.13 Å². The first-order chi connectivity index (χ1) is 11.7. The van der Waals surface area contributed by atoms with E-state index in [1.807, 2.05) is 6.20 Å². The number of aryl methyl sites for hydroxylation is 1. The quantitative estimate of drug-likeness (QED) is 0.897. The van der Waals surface area contributed by atoms with Gasteiger partial charge in [-0.3, -0.25) is 9.69 Å². The highest BCUT2D eigenvalue weighted by atomic mass is 32.1. The van der Waals surface area contributed by atoms with Crippen molar-refractivity contribution in [2.45, 2.75) is 39.0 Å². The highest BCUT2D eigenvalue weighted by molar-refractivity contribution is 7.15. The Morgan fingerprint density at radius 1 is 1.25 bits per heavy atom. The van der Waals surface area contributed by atoms with Crippen LogP contribution in [-0.4, -0.2) is 35.4 Å². The largest absolute Gasteiger partial charge is 0.301 e. The maximum absolute atomic E-state index is 12.2. The van der Waals surface area contributed by atoms with E-state index in [2.05, 4.69) is 46.4 Å². The van der Waals surface area contributed by atoms with E-state index in [-0.39, 0.29) is 5.91 Å². The summed E-state index contributed by atoms with van der Waals surface area (Å²) < 4.78 is 0. The Labute approximate surface area is 147 Å². The number of carbonyl (C=O) groups excluding carboxylic acids is 1. The van der Waals surface area contributed by atoms with Crippen LogP contribution >= 0.6 is 11.3 Å². The highest BCUT2D eigenvalue weighted by Crippen LogP contribution is 2.21. The van der Waals surface area contributed by atoms with Crippen LogP contribution in [0.5, 0.6) is 0 Å². The second kappa shape index (κ2) is 8.40. The van der Waals surface area contributed by atoms with Crippen molar-refractivity contribution in [2.75, 3.05) is 25.0 Å². The second-order valence-electron chi connectivity index (χ2n) is 6.54. The Morgan fingerprint density at radius 2 is 2.04 bits per heavy atom. The first-order valence-electron chi connectivity index (χ1n) is 8.71. The average Bonchev–Trinajstić information content (AvgIpc) is 2.81. The molecule has 1 aromatic heterocycles. The lowest BCUT2D eigenvalue weighted by atomic mass is 10.1. The molecule has 1 fully saturated rings. The topological polar surface area (TPSA) is 45.2 Å². The molecule has 1 aliphatic heterocycles. The Hall–Kier alpha value is -1.72. The van der Waals surface area contributed by atoms with E-state index in [0.717, 1.165) is 19.5 Å². The number of aromatic nitrogens is 1. The number of thiazole rings is 1. The lowest BCUT2D eigenvalue weighted by Crippen LogP contribution is -2.33. The fraction of sp³-hybridized carbons (Fsp3) is 0.474. The molecule has 0 unspecified atom stereocenters. The number of rotatable bonds is 5. The molecule has 1 amide bonds. The number of nitrogens with one attached hydrogen (secondary N) is 1. The maximum Gasteiger partial charge on any atom is 0.240 e. The van der Waals surface area contributed by atoms with Gasteiger partial charge in [-0.15, -0.1) is 11.3 Å². The molecular weight excluding hydrogens is 318 g/mol. The third-order valence-corrected chi connectivity index (χ3v) is 5.24. The zero-order valence-corrected chi connectivity index (χ0v) is 15.1. The standard InChI is InChI=1S/C19H25N3OS/c1-15-7-6-8-16(11-15)12-17-13-20-19(24-17)21-18(23)14-22-9-4-2-3-5-10-22/h6-8,11,13H,2-5,9-10,12,14H2,1H3,(H,20,21,23). The maximum atomic E-state index is 12.2. The van der Waals surface area contributed by atoms with E-state index in [1.54, 1.807) is 11.3 Å². The molecule has 2 aromatic rings. The minimum absolute atomic E-state index is 0.0494. The summed E-state index contributed by atoms with van der Waals surface area (Å²) in [6.45, 7) is 4.64. The van der Waals surface area contributed by atoms with E-state index in [1.165, 1.54) is 41.7 Å². The fourth-order valence-corrected chi connectivity index (χ4v) is 3.99. The molecule has 1 aliphatic rings. The van der Waals surface area contributed by atoms with Gasteiger partial charge in [-0.1, -0.05) is 42.7 Å². The summed E-state index contributed by atoms with van der Waals surface area (Å²) in [5.74, 6) is 0.0494. The Morgan fingerprint density at radius 3 is 2.79 bits per heavy atom. The van der Waals surface area contributed by atoms with E-state index in [4.69, 9.17) is 0 Å². The Balaban J connectivity index is 1.52. The van der Waals surface area contributed by atoms with Crippen molar-refractivity contribution in [1.82, 2.24) is 9.88 Å². The van der Waals surface area contributed by atoms with Gasteiger partial charge in [0.2, 0.25) is 5.91 Å². The zero-order valence-electron chi connectivity index (χ0n) is 14.3. The van der Waals surface area contributed by atoms with Crippen molar-refractivity contribution in [3.8, 4) is 0 Å². The lowest BCUT2D eigenvalue weighted by molar-refractivity contribution is -0.117. The molecule has 1 N–H and O–H groups in total. The number of likely N-dealkylation sites (tertiary alicyclic amines) is 1. The number of benzene rings is 1. The molecule has 128 valence electrons. The normalized spacial score (nSPS) is 15.9. The van der Waals surface area contributed by atoms with Gasteiger partial charge in [-0.05, 0) is 38.4 Å². The summed E-state index contributed by atoms with van der Waals surface area (Å²) in [6, 6.07) is 8.50.